The van der Waals surface area contributed by atoms with E-state index >= 15 is 0 Å². The zero-order valence-electron chi connectivity index (χ0n) is 7.45. The van der Waals surface area contributed by atoms with Crippen LogP contribution in [-0.4, -0.2) is 11.6 Å². The Morgan fingerprint density at radius 2 is 2.08 bits per heavy atom. The molecule has 13 heavy (non-hydrogen) atoms. The number of Topliss-reactive ketones (excluding diaryl/α,β-unsaturated/α-hetero) is 1. The van der Waals surface area contributed by atoms with Crippen molar-refractivity contribution >= 4 is 11.6 Å². The van der Waals surface area contributed by atoms with Crippen molar-refractivity contribution in [1.29, 1.82) is 0 Å². The molecule has 2 aliphatic rings. The fourth-order valence-electron chi connectivity index (χ4n) is 1.94. The molecular formula is C11H12O2. The van der Waals surface area contributed by atoms with Gasteiger partial charge in [-0.05, 0) is 24.5 Å². The molecule has 1 unspecified atom stereocenters. The lowest BCUT2D eigenvalue weighted by molar-refractivity contribution is -0.117. The van der Waals surface area contributed by atoms with Gasteiger partial charge in [-0.3, -0.25) is 9.59 Å². The zero-order valence-corrected chi connectivity index (χ0v) is 7.45. The Kier molecular flexibility index (Phi) is 2.13. The van der Waals surface area contributed by atoms with E-state index < -0.39 is 0 Å². The summed E-state index contributed by atoms with van der Waals surface area (Å²) in [5, 5.41) is 0. The predicted octanol–water partition coefficient (Wildman–Crippen LogP) is 1.81. The van der Waals surface area contributed by atoms with E-state index in [2.05, 4.69) is 0 Å². The number of hydrogen-bond acceptors (Lipinski definition) is 2. The lowest BCUT2D eigenvalue weighted by Crippen LogP contribution is -2.13. The molecule has 0 bridgehead atoms. The molecule has 0 saturated heterocycles. The van der Waals surface area contributed by atoms with Gasteiger partial charge in [-0.1, -0.05) is 12.2 Å². The van der Waals surface area contributed by atoms with Gasteiger partial charge in [0.1, 0.15) is 0 Å². The van der Waals surface area contributed by atoms with Gasteiger partial charge in [0.2, 0.25) is 0 Å². The lowest BCUT2D eigenvalue weighted by atomic mass is 9.88. The minimum atomic E-state index is 0.183. The molecular weight excluding hydrogens is 164 g/mol. The van der Waals surface area contributed by atoms with Crippen molar-refractivity contribution in [1.82, 2.24) is 0 Å². The number of ketones is 2. The van der Waals surface area contributed by atoms with Gasteiger partial charge in [-0.15, -0.1) is 0 Å². The van der Waals surface area contributed by atoms with Crippen LogP contribution in [0.15, 0.2) is 23.8 Å². The normalized spacial score (nSPS) is 28.0. The fourth-order valence-corrected chi connectivity index (χ4v) is 1.94. The summed E-state index contributed by atoms with van der Waals surface area (Å²) < 4.78 is 0. The van der Waals surface area contributed by atoms with E-state index in [1.54, 1.807) is 6.08 Å². The highest BCUT2D eigenvalue weighted by Crippen LogP contribution is 2.28. The topological polar surface area (TPSA) is 34.1 Å². The third-order valence-corrected chi connectivity index (χ3v) is 2.67. The molecule has 0 radical (unpaired) electrons. The van der Waals surface area contributed by atoms with E-state index in [4.69, 9.17) is 0 Å². The highest BCUT2D eigenvalue weighted by molar-refractivity contribution is 5.99. The summed E-state index contributed by atoms with van der Waals surface area (Å²) in [4.78, 5) is 22.3. The predicted molar refractivity (Wildman–Crippen MR) is 49.2 cm³/mol. The summed E-state index contributed by atoms with van der Waals surface area (Å²) in [6.07, 6.45) is 8.45. The van der Waals surface area contributed by atoms with Gasteiger partial charge in [-0.2, -0.15) is 0 Å². The number of rotatable bonds is 1. The Bertz CT molecular complexity index is 310. The van der Waals surface area contributed by atoms with E-state index in [1.807, 2.05) is 12.2 Å². The molecule has 2 aliphatic carbocycles. The van der Waals surface area contributed by atoms with Crippen LogP contribution in [-0.2, 0) is 9.59 Å². The highest BCUT2D eigenvalue weighted by Gasteiger charge is 2.24. The smallest absolute Gasteiger partial charge is 0.159 e. The maximum Gasteiger partial charge on any atom is 0.159 e. The van der Waals surface area contributed by atoms with Crippen LogP contribution in [0, 0.1) is 5.92 Å². The first-order valence-corrected chi connectivity index (χ1v) is 4.71. The number of hydrogen-bond donors (Lipinski definition) is 0. The van der Waals surface area contributed by atoms with E-state index in [0.717, 1.165) is 18.4 Å². The van der Waals surface area contributed by atoms with Crippen molar-refractivity contribution in [3.63, 3.8) is 0 Å². The van der Waals surface area contributed by atoms with Crippen molar-refractivity contribution < 1.29 is 9.59 Å². The molecule has 2 rings (SSSR count). The van der Waals surface area contributed by atoms with Crippen LogP contribution in [0.3, 0.4) is 0 Å². The first-order valence-electron chi connectivity index (χ1n) is 4.71. The van der Waals surface area contributed by atoms with Gasteiger partial charge in [0.25, 0.3) is 0 Å². The molecule has 2 heteroatoms. The Hall–Kier alpha value is -1.18. The summed E-state index contributed by atoms with van der Waals surface area (Å²) in [7, 11) is 0. The fraction of sp³-hybridized carbons (Fsp3) is 0.455. The molecule has 0 saturated carbocycles. The largest absolute Gasteiger partial charge is 0.295 e. The van der Waals surface area contributed by atoms with Crippen LogP contribution in [0.2, 0.25) is 0 Å². The number of allylic oxidation sites excluding steroid dienone is 4. The quantitative estimate of drug-likeness (QED) is 0.610. The van der Waals surface area contributed by atoms with Crippen LogP contribution >= 0.6 is 0 Å². The third kappa shape index (κ3) is 1.62. The molecule has 0 N–H and O–H groups in total. The molecule has 0 amide bonds. The Balaban J connectivity index is 2.14. The van der Waals surface area contributed by atoms with E-state index in [9.17, 15) is 9.59 Å². The van der Waals surface area contributed by atoms with Crippen molar-refractivity contribution in [2.75, 3.05) is 0 Å². The second kappa shape index (κ2) is 3.29. The van der Waals surface area contributed by atoms with Crippen molar-refractivity contribution in [2.24, 2.45) is 5.92 Å². The molecule has 0 aliphatic heterocycles. The molecule has 0 aromatic heterocycles. The molecule has 68 valence electrons. The second-order valence-electron chi connectivity index (χ2n) is 3.59. The minimum Gasteiger partial charge on any atom is -0.295 e. The number of carbonyl (C=O) groups is 2. The maximum absolute atomic E-state index is 11.4. The standard InChI is InChI=1S/C11H12O2/c12-9-6-4-8(5-7-9)10-2-1-3-11(10)13/h2,4,6,8H,1,3,5,7H2. The van der Waals surface area contributed by atoms with Crippen molar-refractivity contribution in [2.45, 2.75) is 25.7 Å². The van der Waals surface area contributed by atoms with Gasteiger partial charge < -0.3 is 0 Å². The monoisotopic (exact) mass is 176 g/mol. The maximum atomic E-state index is 11.4. The Labute approximate surface area is 77.3 Å². The summed E-state index contributed by atoms with van der Waals surface area (Å²) in [5.41, 5.74) is 0.934. The van der Waals surface area contributed by atoms with Crippen LogP contribution in [0.25, 0.3) is 0 Å². The highest BCUT2D eigenvalue weighted by atomic mass is 16.1. The van der Waals surface area contributed by atoms with Crippen LogP contribution in [0.1, 0.15) is 25.7 Å². The molecule has 0 aromatic rings. The molecule has 1 atom stereocenters. The van der Waals surface area contributed by atoms with Gasteiger partial charge in [0.05, 0.1) is 0 Å². The van der Waals surface area contributed by atoms with Crippen LogP contribution < -0.4 is 0 Å². The van der Waals surface area contributed by atoms with Crippen LogP contribution in [0.4, 0.5) is 0 Å². The zero-order chi connectivity index (χ0) is 9.26. The molecule has 2 nitrogen and oxygen atoms in total. The van der Waals surface area contributed by atoms with Crippen molar-refractivity contribution in [3.8, 4) is 0 Å². The van der Waals surface area contributed by atoms with E-state index in [-0.39, 0.29) is 17.5 Å². The minimum absolute atomic E-state index is 0.183. The molecule has 0 fully saturated rings. The summed E-state index contributed by atoms with van der Waals surface area (Å²) >= 11 is 0. The summed E-state index contributed by atoms with van der Waals surface area (Å²) in [6.45, 7) is 0. The first-order chi connectivity index (χ1) is 6.27. The summed E-state index contributed by atoms with van der Waals surface area (Å²) in [5.74, 6) is 0.666. The van der Waals surface area contributed by atoms with Gasteiger partial charge in [0.15, 0.2) is 11.6 Å². The van der Waals surface area contributed by atoms with Gasteiger partial charge >= 0.3 is 0 Å². The van der Waals surface area contributed by atoms with Gasteiger partial charge in [-0.25, -0.2) is 0 Å². The first kappa shape index (κ1) is 8.42. The average Bonchev–Trinajstić information content (AvgIpc) is 2.53. The van der Waals surface area contributed by atoms with Gasteiger partial charge in [0, 0.05) is 18.8 Å². The van der Waals surface area contributed by atoms with E-state index in [0.29, 0.717) is 12.8 Å². The molecule has 0 heterocycles. The van der Waals surface area contributed by atoms with Crippen molar-refractivity contribution in [3.05, 3.63) is 23.8 Å². The average molecular weight is 176 g/mol. The number of carbonyl (C=O) groups excluding carboxylic acids is 2. The van der Waals surface area contributed by atoms with Crippen LogP contribution in [0.5, 0.6) is 0 Å². The molecule has 0 aromatic carbocycles. The SMILES string of the molecule is O=C1C=CC(C2=CCCC2=O)CC1. The second-order valence-corrected chi connectivity index (χ2v) is 3.59. The third-order valence-electron chi connectivity index (χ3n) is 2.67. The van der Waals surface area contributed by atoms with E-state index in [1.165, 1.54) is 0 Å². The Morgan fingerprint density at radius 1 is 1.23 bits per heavy atom. The lowest BCUT2D eigenvalue weighted by Gasteiger charge is -2.15. The Morgan fingerprint density at radius 3 is 2.62 bits per heavy atom. The molecule has 0 spiro atoms. The summed E-state index contributed by atoms with van der Waals surface area (Å²) in [6, 6.07) is 0.